The van der Waals surface area contributed by atoms with E-state index in [-0.39, 0.29) is 22.8 Å². The van der Waals surface area contributed by atoms with Gasteiger partial charge >= 0.3 is 0 Å². The molecule has 3 nitrogen and oxygen atoms in total. The van der Waals surface area contributed by atoms with Crippen molar-refractivity contribution in [3.63, 3.8) is 0 Å². The first kappa shape index (κ1) is 15.5. The van der Waals surface area contributed by atoms with Crippen LogP contribution in [0.1, 0.15) is 57.9 Å². The van der Waals surface area contributed by atoms with Gasteiger partial charge in [0.2, 0.25) is 5.91 Å². The first-order chi connectivity index (χ1) is 9.19. The molecule has 2 rings (SSSR count). The average molecular weight is 294 g/mol. The molecule has 20 heavy (non-hydrogen) atoms. The lowest BCUT2D eigenvalue weighted by Crippen LogP contribution is -2.48. The summed E-state index contributed by atoms with van der Waals surface area (Å²) in [6, 6.07) is 3.54. The van der Waals surface area contributed by atoms with Gasteiger partial charge in [-0.15, -0.1) is 11.3 Å². The van der Waals surface area contributed by atoms with E-state index in [9.17, 15) is 4.79 Å². The van der Waals surface area contributed by atoms with Gasteiger partial charge in [-0.3, -0.25) is 4.79 Å². The normalized spacial score (nSPS) is 23.2. The van der Waals surface area contributed by atoms with Crippen molar-refractivity contribution in [1.82, 2.24) is 5.32 Å². The van der Waals surface area contributed by atoms with Crippen LogP contribution in [0.5, 0.6) is 0 Å². The molecule has 1 amide bonds. The summed E-state index contributed by atoms with van der Waals surface area (Å²) in [5.41, 5.74) is 6.57. The Morgan fingerprint density at radius 1 is 1.35 bits per heavy atom. The second-order valence-electron chi connectivity index (χ2n) is 7.61. The van der Waals surface area contributed by atoms with Gasteiger partial charge in [-0.05, 0) is 41.5 Å². The van der Waals surface area contributed by atoms with Crippen molar-refractivity contribution in [2.24, 2.45) is 16.6 Å². The van der Waals surface area contributed by atoms with Crippen LogP contribution < -0.4 is 11.1 Å². The molecule has 0 radical (unpaired) electrons. The van der Waals surface area contributed by atoms with Crippen molar-refractivity contribution in [3.8, 4) is 0 Å². The number of nitrogens with one attached hydrogen (secondary N) is 1. The molecule has 0 saturated heterocycles. The fourth-order valence-electron chi connectivity index (χ4n) is 3.84. The first-order valence-corrected chi connectivity index (χ1v) is 8.16. The molecule has 1 aliphatic carbocycles. The summed E-state index contributed by atoms with van der Waals surface area (Å²) < 4.78 is 0. The van der Waals surface area contributed by atoms with E-state index in [1.165, 1.54) is 17.8 Å². The third kappa shape index (κ3) is 3.83. The maximum absolute atomic E-state index is 12.3. The molecule has 4 heteroatoms. The summed E-state index contributed by atoms with van der Waals surface area (Å²) in [7, 11) is 0. The van der Waals surface area contributed by atoms with Crippen LogP contribution >= 0.6 is 11.3 Å². The minimum absolute atomic E-state index is 0.0500. The highest BCUT2D eigenvalue weighted by molar-refractivity contribution is 7.10. The Labute approximate surface area is 125 Å². The second-order valence-corrected chi connectivity index (χ2v) is 8.59. The summed E-state index contributed by atoms with van der Waals surface area (Å²) in [5, 5.41) is 5.11. The van der Waals surface area contributed by atoms with E-state index in [0.717, 1.165) is 17.7 Å². The largest absolute Gasteiger partial charge is 0.352 e. The molecular weight excluding hydrogens is 268 g/mol. The summed E-state index contributed by atoms with van der Waals surface area (Å²) >= 11 is 1.54. The summed E-state index contributed by atoms with van der Waals surface area (Å²) in [5.74, 6) is -0.0500. The van der Waals surface area contributed by atoms with Crippen LogP contribution in [0.25, 0.3) is 0 Å². The van der Waals surface area contributed by atoms with Crippen LogP contribution in [0, 0.1) is 10.8 Å². The van der Waals surface area contributed by atoms with Gasteiger partial charge in [0, 0.05) is 10.9 Å². The lowest BCUT2D eigenvalue weighted by atomic mass is 9.63. The number of carbonyl (C=O) groups excluding carboxylic acids is 1. The Morgan fingerprint density at radius 2 is 1.95 bits per heavy atom. The first-order valence-electron chi connectivity index (χ1n) is 7.28. The van der Waals surface area contributed by atoms with Gasteiger partial charge in [0.1, 0.15) is 6.04 Å². The maximum atomic E-state index is 12.3. The highest BCUT2D eigenvalue weighted by atomic mass is 32.1. The third-order valence-corrected chi connectivity index (χ3v) is 4.99. The SMILES string of the molecule is CC1(C)CC(NC(=O)C(N)c2cccs2)CC(C)(C)C1. The molecule has 1 saturated carbocycles. The highest BCUT2D eigenvalue weighted by Crippen LogP contribution is 2.45. The number of hydrogen-bond donors (Lipinski definition) is 2. The molecule has 0 bridgehead atoms. The van der Waals surface area contributed by atoms with Crippen LogP contribution in [0.2, 0.25) is 0 Å². The minimum Gasteiger partial charge on any atom is -0.352 e. The lowest BCUT2D eigenvalue weighted by molar-refractivity contribution is -0.124. The van der Waals surface area contributed by atoms with E-state index in [4.69, 9.17) is 5.73 Å². The van der Waals surface area contributed by atoms with Gasteiger partial charge in [0.15, 0.2) is 0 Å². The van der Waals surface area contributed by atoms with Gasteiger partial charge in [-0.2, -0.15) is 0 Å². The van der Waals surface area contributed by atoms with Crippen molar-refractivity contribution in [2.45, 2.75) is 59.0 Å². The predicted molar refractivity (Wildman–Crippen MR) is 84.6 cm³/mol. The molecule has 1 unspecified atom stereocenters. The van der Waals surface area contributed by atoms with Crippen molar-refractivity contribution < 1.29 is 4.79 Å². The summed E-state index contributed by atoms with van der Waals surface area (Å²) in [6.45, 7) is 9.14. The molecule has 3 N–H and O–H groups in total. The van der Waals surface area contributed by atoms with Crippen molar-refractivity contribution in [2.75, 3.05) is 0 Å². The quantitative estimate of drug-likeness (QED) is 0.897. The minimum atomic E-state index is -0.539. The zero-order chi connectivity index (χ0) is 15.0. The van der Waals surface area contributed by atoms with Gasteiger partial charge in [-0.1, -0.05) is 33.8 Å². The standard InChI is InChI=1S/C16H26N2OS/c1-15(2)8-11(9-16(3,4)10-15)18-14(19)13(17)12-6-5-7-20-12/h5-7,11,13H,8-10,17H2,1-4H3,(H,18,19). The number of hydrogen-bond acceptors (Lipinski definition) is 3. The number of nitrogens with two attached hydrogens (primary N) is 1. The number of carbonyl (C=O) groups is 1. The van der Waals surface area contributed by atoms with Crippen molar-refractivity contribution >= 4 is 17.2 Å². The van der Waals surface area contributed by atoms with E-state index in [1.54, 1.807) is 0 Å². The highest BCUT2D eigenvalue weighted by Gasteiger charge is 2.39. The Bertz CT molecular complexity index is 449. The third-order valence-electron chi connectivity index (χ3n) is 4.03. The van der Waals surface area contributed by atoms with Crippen LogP contribution in [0.15, 0.2) is 17.5 Å². The van der Waals surface area contributed by atoms with Gasteiger partial charge in [0.25, 0.3) is 0 Å². The zero-order valence-electron chi connectivity index (χ0n) is 12.9. The molecule has 1 heterocycles. The summed E-state index contributed by atoms with van der Waals surface area (Å²) in [4.78, 5) is 13.2. The van der Waals surface area contributed by atoms with E-state index in [2.05, 4.69) is 33.0 Å². The van der Waals surface area contributed by atoms with Gasteiger partial charge < -0.3 is 11.1 Å². The molecule has 112 valence electrons. The van der Waals surface area contributed by atoms with E-state index < -0.39 is 6.04 Å². The molecule has 0 aliphatic heterocycles. The molecular formula is C16H26N2OS. The number of rotatable bonds is 3. The molecule has 1 aliphatic rings. The Hall–Kier alpha value is -0.870. The van der Waals surface area contributed by atoms with Gasteiger partial charge in [-0.25, -0.2) is 0 Å². The fourth-order valence-corrected chi connectivity index (χ4v) is 4.56. The van der Waals surface area contributed by atoms with E-state index in [1.807, 2.05) is 17.5 Å². The molecule has 1 fully saturated rings. The number of thiophene rings is 1. The Kier molecular flexibility index (Phi) is 4.26. The van der Waals surface area contributed by atoms with Crippen molar-refractivity contribution in [1.29, 1.82) is 0 Å². The van der Waals surface area contributed by atoms with Crippen LogP contribution in [0.3, 0.4) is 0 Å². The fraction of sp³-hybridized carbons (Fsp3) is 0.688. The molecule has 1 aromatic rings. The van der Waals surface area contributed by atoms with E-state index in [0.29, 0.717) is 0 Å². The molecule has 1 aromatic heterocycles. The summed E-state index contributed by atoms with van der Waals surface area (Å²) in [6.07, 6.45) is 3.25. The van der Waals surface area contributed by atoms with Gasteiger partial charge in [0.05, 0.1) is 0 Å². The lowest BCUT2D eigenvalue weighted by Gasteiger charge is -2.45. The molecule has 0 spiro atoms. The molecule has 1 atom stereocenters. The second kappa shape index (κ2) is 5.49. The average Bonchev–Trinajstić information content (AvgIpc) is 2.76. The van der Waals surface area contributed by atoms with Crippen LogP contribution in [-0.2, 0) is 4.79 Å². The molecule has 0 aromatic carbocycles. The Balaban J connectivity index is 2.00. The Morgan fingerprint density at radius 3 is 2.45 bits per heavy atom. The van der Waals surface area contributed by atoms with Crippen LogP contribution in [0.4, 0.5) is 0 Å². The zero-order valence-corrected chi connectivity index (χ0v) is 13.7. The van der Waals surface area contributed by atoms with Crippen molar-refractivity contribution in [3.05, 3.63) is 22.4 Å². The topological polar surface area (TPSA) is 55.1 Å². The van der Waals surface area contributed by atoms with E-state index >= 15 is 0 Å². The maximum Gasteiger partial charge on any atom is 0.242 e. The smallest absolute Gasteiger partial charge is 0.242 e. The number of amides is 1. The predicted octanol–water partition coefficient (Wildman–Crippen LogP) is 3.47. The monoisotopic (exact) mass is 294 g/mol. The van der Waals surface area contributed by atoms with Crippen LogP contribution in [-0.4, -0.2) is 11.9 Å².